The minimum absolute atomic E-state index is 0.0534. The van der Waals surface area contributed by atoms with Crippen LogP contribution in [-0.2, 0) is 0 Å². The summed E-state index contributed by atoms with van der Waals surface area (Å²) in [4.78, 5) is 13.5. The summed E-state index contributed by atoms with van der Waals surface area (Å²) in [5.41, 5.74) is 0.972. The van der Waals surface area contributed by atoms with Gasteiger partial charge < -0.3 is 15.4 Å². The SMILES string of the molecule is CC(=NC/C(C)=C\NC(C)C)[N+](=O)[O-]. The predicted molar refractivity (Wildman–Crippen MR) is 57.0 cm³/mol. The average Bonchev–Trinajstić information content (AvgIpc) is 2.10. The zero-order valence-corrected chi connectivity index (χ0v) is 9.07. The smallest absolute Gasteiger partial charge is 0.330 e. The van der Waals surface area contributed by atoms with Crippen molar-refractivity contribution in [3.63, 3.8) is 0 Å². The van der Waals surface area contributed by atoms with Crippen molar-refractivity contribution < 1.29 is 4.92 Å². The van der Waals surface area contributed by atoms with E-state index in [0.717, 1.165) is 5.57 Å². The molecule has 0 bridgehead atoms. The fourth-order valence-corrected chi connectivity index (χ4v) is 0.651. The van der Waals surface area contributed by atoms with Crippen LogP contribution in [0, 0.1) is 10.1 Å². The summed E-state index contributed by atoms with van der Waals surface area (Å²) in [6.07, 6.45) is 1.83. The number of amidine groups is 1. The number of nitrogens with zero attached hydrogens (tertiary/aromatic N) is 2. The molecule has 0 aromatic heterocycles. The molecule has 0 aliphatic rings. The number of aliphatic imine (C=N–C) groups is 1. The van der Waals surface area contributed by atoms with E-state index in [0.29, 0.717) is 12.6 Å². The minimum Gasteiger partial charge on any atom is -0.389 e. The molecule has 0 saturated carbocycles. The molecular formula is C9H17N3O2. The zero-order chi connectivity index (χ0) is 11.1. The largest absolute Gasteiger partial charge is 0.389 e. The van der Waals surface area contributed by atoms with Crippen LogP contribution in [0.15, 0.2) is 16.8 Å². The third kappa shape index (κ3) is 6.16. The maximum absolute atomic E-state index is 10.2. The molecule has 5 heteroatoms. The van der Waals surface area contributed by atoms with Crippen LogP contribution in [0.25, 0.3) is 0 Å². The van der Waals surface area contributed by atoms with E-state index in [4.69, 9.17) is 0 Å². The second-order valence-corrected chi connectivity index (χ2v) is 3.43. The summed E-state index contributed by atoms with van der Waals surface area (Å²) in [7, 11) is 0. The number of rotatable bonds is 4. The van der Waals surface area contributed by atoms with Crippen molar-refractivity contribution in [1.82, 2.24) is 5.32 Å². The molecule has 0 atom stereocenters. The van der Waals surface area contributed by atoms with E-state index < -0.39 is 4.92 Å². The van der Waals surface area contributed by atoms with Crippen molar-refractivity contribution in [2.75, 3.05) is 6.54 Å². The Morgan fingerprint density at radius 1 is 1.57 bits per heavy atom. The molecule has 0 aliphatic carbocycles. The molecule has 0 aromatic carbocycles. The molecular weight excluding hydrogens is 182 g/mol. The van der Waals surface area contributed by atoms with E-state index in [2.05, 4.69) is 10.3 Å². The number of hydrogen-bond donors (Lipinski definition) is 1. The highest BCUT2D eigenvalue weighted by molar-refractivity contribution is 5.70. The highest BCUT2D eigenvalue weighted by Gasteiger charge is 2.02. The third-order valence-electron chi connectivity index (χ3n) is 1.48. The van der Waals surface area contributed by atoms with Gasteiger partial charge in [-0.3, -0.25) is 0 Å². The van der Waals surface area contributed by atoms with Crippen molar-refractivity contribution in [2.45, 2.75) is 33.7 Å². The average molecular weight is 199 g/mol. The van der Waals surface area contributed by atoms with E-state index in [9.17, 15) is 10.1 Å². The second-order valence-electron chi connectivity index (χ2n) is 3.43. The van der Waals surface area contributed by atoms with Crippen molar-refractivity contribution in [3.8, 4) is 0 Å². The Morgan fingerprint density at radius 2 is 2.14 bits per heavy atom. The van der Waals surface area contributed by atoms with Gasteiger partial charge in [-0.2, -0.15) is 0 Å². The van der Waals surface area contributed by atoms with Crippen LogP contribution < -0.4 is 5.32 Å². The summed E-state index contributed by atoms with van der Waals surface area (Å²) in [6.45, 7) is 7.69. The Hall–Kier alpha value is -1.39. The van der Waals surface area contributed by atoms with E-state index in [-0.39, 0.29) is 5.84 Å². The molecule has 0 rings (SSSR count). The van der Waals surface area contributed by atoms with Gasteiger partial charge >= 0.3 is 5.84 Å². The predicted octanol–water partition coefficient (Wildman–Crippen LogP) is 1.58. The van der Waals surface area contributed by atoms with E-state index in [1.165, 1.54) is 6.92 Å². The van der Waals surface area contributed by atoms with Crippen molar-refractivity contribution in [1.29, 1.82) is 0 Å². The molecule has 0 aliphatic heterocycles. The fourth-order valence-electron chi connectivity index (χ4n) is 0.651. The number of nitro groups is 1. The van der Waals surface area contributed by atoms with Gasteiger partial charge in [0.1, 0.15) is 0 Å². The molecule has 0 amide bonds. The van der Waals surface area contributed by atoms with Crippen LogP contribution in [-0.4, -0.2) is 23.3 Å². The van der Waals surface area contributed by atoms with Gasteiger partial charge in [0.15, 0.2) is 6.54 Å². The molecule has 0 unspecified atom stereocenters. The van der Waals surface area contributed by atoms with Gasteiger partial charge in [0.25, 0.3) is 0 Å². The van der Waals surface area contributed by atoms with Gasteiger partial charge in [0, 0.05) is 13.0 Å². The van der Waals surface area contributed by atoms with Gasteiger partial charge in [-0.25, -0.2) is 0 Å². The van der Waals surface area contributed by atoms with Gasteiger partial charge in [-0.05, 0) is 37.5 Å². The van der Waals surface area contributed by atoms with Crippen LogP contribution in [0.3, 0.4) is 0 Å². The topological polar surface area (TPSA) is 67.5 Å². The maximum Gasteiger partial charge on any atom is 0.330 e. The highest BCUT2D eigenvalue weighted by Crippen LogP contribution is 1.93. The Labute approximate surface area is 84.1 Å². The molecule has 14 heavy (non-hydrogen) atoms. The van der Waals surface area contributed by atoms with E-state index in [1.807, 2.05) is 27.0 Å². The number of hydrogen-bond acceptors (Lipinski definition) is 4. The Bertz CT molecular complexity index is 257. The Balaban J connectivity index is 4.07. The molecule has 0 aromatic rings. The molecule has 0 heterocycles. The zero-order valence-electron chi connectivity index (χ0n) is 9.07. The lowest BCUT2D eigenvalue weighted by molar-refractivity contribution is -0.351. The summed E-state index contributed by atoms with van der Waals surface area (Å²) >= 11 is 0. The molecule has 80 valence electrons. The molecule has 1 N–H and O–H groups in total. The Morgan fingerprint density at radius 3 is 2.57 bits per heavy atom. The van der Waals surface area contributed by atoms with Gasteiger partial charge in [0.05, 0.1) is 0 Å². The maximum atomic E-state index is 10.2. The lowest BCUT2D eigenvalue weighted by Gasteiger charge is -2.03. The third-order valence-corrected chi connectivity index (χ3v) is 1.48. The van der Waals surface area contributed by atoms with Crippen LogP contribution in [0.1, 0.15) is 27.7 Å². The standard InChI is InChI=1S/C9H17N3O2/c1-7(2)10-5-8(3)6-11-9(4)12(13)14/h5,7,10H,6H2,1-4H3/b8-5-,11-9?. The first-order valence-corrected chi connectivity index (χ1v) is 4.50. The molecule has 0 spiro atoms. The normalized spacial score (nSPS) is 13.2. The summed E-state index contributed by atoms with van der Waals surface area (Å²) in [6, 6.07) is 0.366. The molecule has 0 fully saturated rings. The van der Waals surface area contributed by atoms with Crippen molar-refractivity contribution in [3.05, 3.63) is 21.9 Å². The molecule has 0 radical (unpaired) electrons. The van der Waals surface area contributed by atoms with Crippen molar-refractivity contribution >= 4 is 5.84 Å². The first-order valence-electron chi connectivity index (χ1n) is 4.50. The lowest BCUT2D eigenvalue weighted by Crippen LogP contribution is -2.16. The van der Waals surface area contributed by atoms with Crippen LogP contribution in [0.5, 0.6) is 0 Å². The van der Waals surface area contributed by atoms with Crippen molar-refractivity contribution in [2.24, 2.45) is 4.99 Å². The Kier molecular flexibility index (Phi) is 5.52. The quantitative estimate of drug-likeness (QED) is 0.323. The fraction of sp³-hybridized carbons (Fsp3) is 0.667. The second kappa shape index (κ2) is 6.12. The first-order chi connectivity index (χ1) is 6.43. The molecule has 0 saturated heterocycles. The monoisotopic (exact) mass is 199 g/mol. The highest BCUT2D eigenvalue weighted by atomic mass is 16.6. The van der Waals surface area contributed by atoms with E-state index in [1.54, 1.807) is 0 Å². The first kappa shape index (κ1) is 12.6. The van der Waals surface area contributed by atoms with Crippen LogP contribution in [0.2, 0.25) is 0 Å². The minimum atomic E-state index is -0.483. The van der Waals surface area contributed by atoms with Crippen LogP contribution >= 0.6 is 0 Å². The number of nitrogens with one attached hydrogen (secondary N) is 1. The molecule has 5 nitrogen and oxygen atoms in total. The van der Waals surface area contributed by atoms with Crippen LogP contribution in [0.4, 0.5) is 0 Å². The summed E-state index contributed by atoms with van der Waals surface area (Å²) in [5.74, 6) is -0.0534. The summed E-state index contributed by atoms with van der Waals surface area (Å²) < 4.78 is 0. The van der Waals surface area contributed by atoms with E-state index >= 15 is 0 Å². The van der Waals surface area contributed by atoms with Gasteiger partial charge in [-0.15, -0.1) is 0 Å². The summed E-state index contributed by atoms with van der Waals surface area (Å²) in [5, 5.41) is 13.3. The van der Waals surface area contributed by atoms with Gasteiger partial charge in [0.2, 0.25) is 0 Å². The lowest BCUT2D eigenvalue weighted by atomic mass is 10.3. The van der Waals surface area contributed by atoms with Gasteiger partial charge in [-0.1, -0.05) is 4.99 Å².